The Balaban J connectivity index is 1.41. The van der Waals surface area contributed by atoms with Gasteiger partial charge in [0.25, 0.3) is 0 Å². The summed E-state index contributed by atoms with van der Waals surface area (Å²) in [6.45, 7) is 4.82. The summed E-state index contributed by atoms with van der Waals surface area (Å²) in [5.41, 5.74) is 7.49. The van der Waals surface area contributed by atoms with Gasteiger partial charge in [0.2, 0.25) is 5.91 Å². The number of imidazole rings is 1. The van der Waals surface area contributed by atoms with E-state index in [2.05, 4.69) is 84.4 Å². The molecular weight excluding hydrogens is 382 g/mol. The number of pyridine rings is 1. The van der Waals surface area contributed by atoms with Crippen molar-refractivity contribution < 1.29 is 4.79 Å². The van der Waals surface area contributed by atoms with Crippen LogP contribution in [0, 0.1) is 13.8 Å². The Bertz CT molecular complexity index is 1230. The summed E-state index contributed by atoms with van der Waals surface area (Å²) in [7, 11) is 0. The number of fused-ring (bicyclic) bond motifs is 1. The number of nitrogens with zero attached hydrogens (tertiary/aromatic N) is 2. The van der Waals surface area contributed by atoms with Gasteiger partial charge >= 0.3 is 0 Å². The molecule has 0 radical (unpaired) electrons. The number of aryl methyl sites for hydroxylation is 2. The summed E-state index contributed by atoms with van der Waals surface area (Å²) >= 11 is 0. The highest BCUT2D eigenvalue weighted by molar-refractivity contribution is 5.81. The van der Waals surface area contributed by atoms with Crippen LogP contribution in [-0.4, -0.2) is 21.8 Å². The fourth-order valence-electron chi connectivity index (χ4n) is 4.30. The van der Waals surface area contributed by atoms with Crippen LogP contribution in [0.4, 0.5) is 0 Å². The van der Waals surface area contributed by atoms with Gasteiger partial charge < -0.3 is 9.72 Å². The zero-order valence-corrected chi connectivity index (χ0v) is 18.1. The maximum Gasteiger partial charge on any atom is 0.226 e. The summed E-state index contributed by atoms with van der Waals surface area (Å²) in [5.74, 6) is 0.0406. The molecule has 1 aliphatic rings. The minimum atomic E-state index is 0.0406. The van der Waals surface area contributed by atoms with Crippen molar-refractivity contribution in [3.8, 4) is 11.3 Å². The van der Waals surface area contributed by atoms with Crippen LogP contribution in [0.15, 0.2) is 72.9 Å². The van der Waals surface area contributed by atoms with E-state index in [1.54, 1.807) is 0 Å². The summed E-state index contributed by atoms with van der Waals surface area (Å²) in [5, 5.41) is 3.21. The first-order chi connectivity index (χ1) is 15.0. The topological polar surface area (TPSA) is 46.4 Å². The molecule has 1 fully saturated rings. The fourth-order valence-corrected chi connectivity index (χ4v) is 4.30. The van der Waals surface area contributed by atoms with Crippen LogP contribution < -0.4 is 5.32 Å². The van der Waals surface area contributed by atoms with Gasteiger partial charge in [-0.05, 0) is 43.9 Å². The molecule has 0 unspecified atom stereocenters. The highest BCUT2D eigenvalue weighted by Crippen LogP contribution is 2.47. The quantitative estimate of drug-likeness (QED) is 0.487. The van der Waals surface area contributed by atoms with Crippen molar-refractivity contribution in [1.82, 2.24) is 14.7 Å². The molecule has 0 atom stereocenters. The van der Waals surface area contributed by atoms with Gasteiger partial charge in [-0.15, -0.1) is 0 Å². The summed E-state index contributed by atoms with van der Waals surface area (Å²) in [4.78, 5) is 17.9. The third kappa shape index (κ3) is 3.86. The molecule has 0 bridgehead atoms. The van der Waals surface area contributed by atoms with E-state index in [9.17, 15) is 4.79 Å². The van der Waals surface area contributed by atoms with Crippen molar-refractivity contribution >= 4 is 11.6 Å². The molecule has 0 spiro atoms. The lowest BCUT2D eigenvalue weighted by molar-refractivity contribution is -0.120. The lowest BCUT2D eigenvalue weighted by atomic mass is 9.96. The number of hydrogen-bond acceptors (Lipinski definition) is 2. The van der Waals surface area contributed by atoms with Gasteiger partial charge in [0.05, 0.1) is 17.8 Å². The second-order valence-corrected chi connectivity index (χ2v) is 8.81. The smallest absolute Gasteiger partial charge is 0.226 e. The first-order valence-corrected chi connectivity index (χ1v) is 10.9. The van der Waals surface area contributed by atoms with E-state index in [-0.39, 0.29) is 11.3 Å². The van der Waals surface area contributed by atoms with E-state index in [4.69, 9.17) is 4.98 Å². The standard InChI is InChI=1S/C27H27N3O/c1-19-8-11-21(12-9-19)26-23(30-17-20(2)10-13-24(30)29-26)16-25(31)28-18-27(14-15-27)22-6-4-3-5-7-22/h3-13,17H,14-16,18H2,1-2H3,(H,28,31). The Morgan fingerprint density at radius 1 is 0.968 bits per heavy atom. The maximum atomic E-state index is 13.0. The molecule has 1 amide bonds. The van der Waals surface area contributed by atoms with Crippen molar-refractivity contribution in [2.24, 2.45) is 0 Å². The Morgan fingerprint density at radius 2 is 1.68 bits per heavy atom. The number of hydrogen-bond donors (Lipinski definition) is 1. The van der Waals surface area contributed by atoms with Gasteiger partial charge in [-0.1, -0.05) is 66.2 Å². The van der Waals surface area contributed by atoms with Gasteiger partial charge in [-0.25, -0.2) is 4.98 Å². The molecule has 2 aromatic heterocycles. The lowest BCUT2D eigenvalue weighted by Gasteiger charge is -2.17. The molecular formula is C27H27N3O. The van der Waals surface area contributed by atoms with Crippen molar-refractivity contribution in [2.75, 3.05) is 6.54 Å². The van der Waals surface area contributed by atoms with Gasteiger partial charge in [-0.3, -0.25) is 4.79 Å². The molecule has 4 aromatic rings. The monoisotopic (exact) mass is 409 g/mol. The summed E-state index contributed by atoms with van der Waals surface area (Å²) in [6, 6.07) is 22.9. The third-order valence-corrected chi connectivity index (χ3v) is 6.38. The van der Waals surface area contributed by atoms with Gasteiger partial charge in [-0.2, -0.15) is 0 Å². The number of benzene rings is 2. The van der Waals surface area contributed by atoms with Crippen LogP contribution in [0.1, 0.15) is 35.2 Å². The maximum absolute atomic E-state index is 13.0. The van der Waals surface area contributed by atoms with Crippen LogP contribution in [0.2, 0.25) is 0 Å². The van der Waals surface area contributed by atoms with Gasteiger partial charge in [0, 0.05) is 23.7 Å². The largest absolute Gasteiger partial charge is 0.355 e. The summed E-state index contributed by atoms with van der Waals surface area (Å²) < 4.78 is 2.06. The van der Waals surface area contributed by atoms with Crippen molar-refractivity contribution in [3.63, 3.8) is 0 Å². The molecule has 156 valence electrons. The molecule has 31 heavy (non-hydrogen) atoms. The second-order valence-electron chi connectivity index (χ2n) is 8.81. The normalized spacial score (nSPS) is 14.5. The molecule has 1 saturated carbocycles. The number of aromatic nitrogens is 2. The third-order valence-electron chi connectivity index (χ3n) is 6.38. The second kappa shape index (κ2) is 7.69. The first-order valence-electron chi connectivity index (χ1n) is 10.9. The predicted molar refractivity (Wildman–Crippen MR) is 124 cm³/mol. The molecule has 0 aliphatic heterocycles. The van der Waals surface area contributed by atoms with Gasteiger partial charge in [0.15, 0.2) is 0 Å². The Labute approximate surface area is 183 Å². The number of rotatable bonds is 6. The minimum Gasteiger partial charge on any atom is -0.355 e. The minimum absolute atomic E-state index is 0.0406. The van der Waals surface area contributed by atoms with Crippen molar-refractivity contribution in [1.29, 1.82) is 0 Å². The number of amides is 1. The zero-order valence-electron chi connectivity index (χ0n) is 18.1. The Morgan fingerprint density at radius 3 is 2.39 bits per heavy atom. The highest BCUT2D eigenvalue weighted by atomic mass is 16.1. The molecule has 2 heterocycles. The van der Waals surface area contributed by atoms with E-state index in [1.807, 2.05) is 12.1 Å². The van der Waals surface area contributed by atoms with Crippen molar-refractivity contribution in [3.05, 3.63) is 95.3 Å². The van der Waals surface area contributed by atoms with E-state index in [0.717, 1.165) is 41.0 Å². The van der Waals surface area contributed by atoms with E-state index in [1.165, 1.54) is 11.1 Å². The molecule has 4 heteroatoms. The SMILES string of the molecule is Cc1ccc(-c2nc3ccc(C)cn3c2CC(=O)NCC2(c3ccccc3)CC2)cc1. The van der Waals surface area contributed by atoms with Gasteiger partial charge in [0.1, 0.15) is 5.65 Å². The fraction of sp³-hybridized carbons (Fsp3) is 0.259. The lowest BCUT2D eigenvalue weighted by Crippen LogP contribution is -2.33. The van der Waals surface area contributed by atoms with Crippen molar-refractivity contribution in [2.45, 2.75) is 38.5 Å². The summed E-state index contributed by atoms with van der Waals surface area (Å²) in [6.07, 6.45) is 4.62. The zero-order chi connectivity index (χ0) is 21.4. The van der Waals surface area contributed by atoms with E-state index < -0.39 is 0 Å². The number of carbonyl (C=O) groups excluding carboxylic acids is 1. The molecule has 2 aromatic carbocycles. The molecule has 1 aliphatic carbocycles. The average molecular weight is 410 g/mol. The Kier molecular flexibility index (Phi) is 4.85. The predicted octanol–water partition coefficient (Wildman–Crippen LogP) is 5.01. The first kappa shape index (κ1) is 19.6. The molecule has 1 N–H and O–H groups in total. The van der Waals surface area contributed by atoms with Crippen LogP contribution in [0.5, 0.6) is 0 Å². The van der Waals surface area contributed by atoms with Crippen LogP contribution in [0.25, 0.3) is 16.9 Å². The van der Waals surface area contributed by atoms with E-state index in [0.29, 0.717) is 13.0 Å². The van der Waals surface area contributed by atoms with Crippen LogP contribution in [-0.2, 0) is 16.6 Å². The molecule has 4 nitrogen and oxygen atoms in total. The van der Waals surface area contributed by atoms with Crippen LogP contribution in [0.3, 0.4) is 0 Å². The molecule has 0 saturated heterocycles. The van der Waals surface area contributed by atoms with E-state index >= 15 is 0 Å². The Hall–Kier alpha value is -3.40. The highest BCUT2D eigenvalue weighted by Gasteiger charge is 2.44. The number of nitrogens with one attached hydrogen (secondary N) is 1. The molecule has 5 rings (SSSR count). The van der Waals surface area contributed by atoms with Crippen LogP contribution >= 0.6 is 0 Å². The average Bonchev–Trinajstić information content (AvgIpc) is 3.51. The number of carbonyl (C=O) groups is 1.